The smallest absolute Gasteiger partial charge is 0.305 e. The fourth-order valence-corrected chi connectivity index (χ4v) is 3.70. The zero-order chi connectivity index (χ0) is 25.9. The van der Waals surface area contributed by atoms with E-state index in [1.54, 1.807) is 6.07 Å². The molecule has 0 spiro atoms. The molecule has 0 radical (unpaired) electrons. The van der Waals surface area contributed by atoms with Crippen LogP contribution in [0.2, 0.25) is 5.02 Å². The number of halogens is 2. The molecular formula is C23H26BrClN8O2S. The van der Waals surface area contributed by atoms with Gasteiger partial charge >= 0.3 is 5.97 Å². The second kappa shape index (κ2) is 13.8. The molecule has 0 fully saturated rings. The Kier molecular flexibility index (Phi) is 10.5. The van der Waals surface area contributed by atoms with Gasteiger partial charge in [0.05, 0.1) is 22.8 Å². The first-order chi connectivity index (χ1) is 17.3. The van der Waals surface area contributed by atoms with Crippen LogP contribution in [0.1, 0.15) is 18.4 Å². The first-order valence-electron chi connectivity index (χ1n) is 11.1. The topological polar surface area (TPSA) is 136 Å². The highest BCUT2D eigenvalue weighted by Crippen LogP contribution is 2.29. The van der Waals surface area contributed by atoms with Crippen LogP contribution in [0.15, 0.2) is 46.9 Å². The number of aryl methyl sites for hydroxylation is 1. The van der Waals surface area contributed by atoms with Crippen molar-refractivity contribution in [2.45, 2.75) is 19.8 Å². The molecule has 6 N–H and O–H groups in total. The molecule has 0 unspecified atom stereocenters. The van der Waals surface area contributed by atoms with Gasteiger partial charge in [-0.2, -0.15) is 15.0 Å². The van der Waals surface area contributed by atoms with Gasteiger partial charge in [-0.3, -0.25) is 4.79 Å². The molecule has 0 aliphatic carbocycles. The number of benzene rings is 2. The maximum absolute atomic E-state index is 10.6. The normalized spacial score (nSPS) is 10.4. The third kappa shape index (κ3) is 8.77. The van der Waals surface area contributed by atoms with Gasteiger partial charge in [-0.05, 0) is 65.3 Å². The molecule has 0 bridgehead atoms. The van der Waals surface area contributed by atoms with E-state index in [4.69, 9.17) is 28.9 Å². The van der Waals surface area contributed by atoms with E-state index < -0.39 is 5.97 Å². The maximum atomic E-state index is 10.6. The first kappa shape index (κ1) is 27.4. The van der Waals surface area contributed by atoms with E-state index in [2.05, 4.69) is 57.5 Å². The summed E-state index contributed by atoms with van der Waals surface area (Å²) in [6.07, 6.45) is 0.717. The number of aliphatic carboxylic acids is 1. The zero-order valence-corrected chi connectivity index (χ0v) is 22.6. The molecule has 0 aliphatic rings. The van der Waals surface area contributed by atoms with E-state index in [0.717, 1.165) is 15.7 Å². The van der Waals surface area contributed by atoms with E-state index in [9.17, 15) is 4.79 Å². The highest BCUT2D eigenvalue weighted by atomic mass is 79.9. The quantitative estimate of drug-likeness (QED) is 0.127. The van der Waals surface area contributed by atoms with Crippen molar-refractivity contribution in [2.24, 2.45) is 0 Å². The molecule has 1 aromatic heterocycles. The van der Waals surface area contributed by atoms with Crippen LogP contribution in [0.3, 0.4) is 0 Å². The van der Waals surface area contributed by atoms with Crippen molar-refractivity contribution in [1.82, 2.24) is 25.6 Å². The van der Waals surface area contributed by atoms with E-state index in [1.165, 1.54) is 0 Å². The average molecular weight is 594 g/mol. The summed E-state index contributed by atoms with van der Waals surface area (Å²) in [5.74, 6) is 0.191. The molecule has 3 rings (SSSR count). The van der Waals surface area contributed by atoms with Gasteiger partial charge in [0, 0.05) is 24.1 Å². The van der Waals surface area contributed by atoms with Crippen LogP contribution >= 0.6 is 39.7 Å². The van der Waals surface area contributed by atoms with Crippen molar-refractivity contribution >= 4 is 80.1 Å². The maximum Gasteiger partial charge on any atom is 0.305 e. The number of thiocarbonyl (C=S) groups is 1. The Morgan fingerprint density at radius 1 is 0.944 bits per heavy atom. The molecule has 10 nitrogen and oxygen atoms in total. The summed E-state index contributed by atoms with van der Waals surface area (Å²) in [7, 11) is 0. The molecule has 3 aromatic rings. The number of rotatable bonds is 12. The number of carboxylic acid groups (broad SMARTS) is 1. The van der Waals surface area contributed by atoms with E-state index in [0.29, 0.717) is 53.2 Å². The van der Waals surface area contributed by atoms with Gasteiger partial charge in [0.25, 0.3) is 0 Å². The fraction of sp³-hybridized carbons (Fsp3) is 0.261. The third-order valence-corrected chi connectivity index (χ3v) is 6.41. The Morgan fingerprint density at radius 3 is 2.31 bits per heavy atom. The minimum atomic E-state index is -0.876. The second-order valence-corrected chi connectivity index (χ2v) is 9.19. The Bertz CT molecular complexity index is 1220. The summed E-state index contributed by atoms with van der Waals surface area (Å²) in [6.45, 7) is 3.43. The van der Waals surface area contributed by atoms with Crippen molar-refractivity contribution in [1.29, 1.82) is 0 Å². The Morgan fingerprint density at radius 2 is 1.58 bits per heavy atom. The molecular weight excluding hydrogens is 568 g/mol. The summed E-state index contributed by atoms with van der Waals surface area (Å²) < 4.78 is 0.916. The first-order valence-corrected chi connectivity index (χ1v) is 12.7. The molecule has 0 atom stereocenters. The van der Waals surface area contributed by atoms with Crippen LogP contribution in [-0.4, -0.2) is 50.8 Å². The van der Waals surface area contributed by atoms with Crippen molar-refractivity contribution in [3.63, 3.8) is 0 Å². The number of hydrogen-bond donors (Lipinski definition) is 6. The van der Waals surface area contributed by atoms with Crippen molar-refractivity contribution in [3.8, 4) is 0 Å². The molecule has 0 saturated heterocycles. The van der Waals surface area contributed by atoms with Crippen LogP contribution in [0.4, 0.5) is 29.2 Å². The standard InChI is InChI=1S/C23H26BrClN8O2S/c1-14-6-4-9-17(19(14)24)30-22-32-20(26-11-5-12-27-23(36)28-13-10-18(34)35)31-21(33-22)29-16-8-3-2-7-15(16)25/h2-4,6-9H,5,10-13H2,1H3,(H,34,35)(H2,27,28,36)(H3,26,29,30,31,32,33). The SMILES string of the molecule is Cc1cccc(Nc2nc(NCCCNC(=S)NCCC(=O)O)nc(Nc3ccccc3Cl)n2)c1Br. The Labute approximate surface area is 227 Å². The van der Waals surface area contributed by atoms with E-state index in [1.807, 2.05) is 43.3 Å². The van der Waals surface area contributed by atoms with Gasteiger partial charge in [0.15, 0.2) is 5.11 Å². The predicted octanol–water partition coefficient (Wildman–Crippen LogP) is 4.82. The van der Waals surface area contributed by atoms with Gasteiger partial charge in [-0.1, -0.05) is 35.9 Å². The average Bonchev–Trinajstić information content (AvgIpc) is 2.83. The lowest BCUT2D eigenvalue weighted by molar-refractivity contribution is -0.136. The van der Waals surface area contributed by atoms with Gasteiger partial charge in [0.2, 0.25) is 17.8 Å². The number of carbonyl (C=O) groups is 1. The molecule has 36 heavy (non-hydrogen) atoms. The molecule has 13 heteroatoms. The van der Waals surface area contributed by atoms with Crippen LogP contribution < -0.4 is 26.6 Å². The van der Waals surface area contributed by atoms with Gasteiger partial charge in [-0.25, -0.2) is 0 Å². The summed E-state index contributed by atoms with van der Waals surface area (Å²) in [5, 5.41) is 25.1. The number of carboxylic acids is 1. The molecule has 0 aliphatic heterocycles. The Balaban J connectivity index is 1.65. The van der Waals surface area contributed by atoms with E-state index in [-0.39, 0.29) is 13.0 Å². The number of nitrogens with one attached hydrogen (secondary N) is 5. The minimum Gasteiger partial charge on any atom is -0.481 e. The van der Waals surface area contributed by atoms with Gasteiger partial charge < -0.3 is 31.7 Å². The molecule has 0 saturated carbocycles. The number of anilines is 5. The predicted molar refractivity (Wildman–Crippen MR) is 151 cm³/mol. The van der Waals surface area contributed by atoms with Crippen molar-refractivity contribution < 1.29 is 9.90 Å². The molecule has 2 aromatic carbocycles. The van der Waals surface area contributed by atoms with Crippen molar-refractivity contribution in [3.05, 3.63) is 57.5 Å². The van der Waals surface area contributed by atoms with Crippen LogP contribution in [0.5, 0.6) is 0 Å². The minimum absolute atomic E-state index is 0.00279. The van der Waals surface area contributed by atoms with Crippen LogP contribution in [0.25, 0.3) is 0 Å². The van der Waals surface area contributed by atoms with Crippen molar-refractivity contribution in [2.75, 3.05) is 35.6 Å². The fourth-order valence-electron chi connectivity index (χ4n) is 2.95. The van der Waals surface area contributed by atoms with E-state index >= 15 is 0 Å². The molecule has 0 amide bonds. The number of hydrogen-bond acceptors (Lipinski definition) is 8. The van der Waals surface area contributed by atoms with Crippen LogP contribution in [-0.2, 0) is 4.79 Å². The monoisotopic (exact) mass is 592 g/mol. The summed E-state index contributed by atoms with van der Waals surface area (Å²) in [6, 6.07) is 13.2. The third-order valence-electron chi connectivity index (χ3n) is 4.74. The largest absolute Gasteiger partial charge is 0.481 e. The summed E-state index contributed by atoms with van der Waals surface area (Å²) in [5.41, 5.74) is 2.57. The molecule has 190 valence electrons. The number of aromatic nitrogens is 3. The van der Waals surface area contributed by atoms with Gasteiger partial charge in [0.1, 0.15) is 0 Å². The summed E-state index contributed by atoms with van der Waals surface area (Å²) in [4.78, 5) is 24.0. The molecule has 1 heterocycles. The number of nitrogens with zero attached hydrogens (tertiary/aromatic N) is 3. The van der Waals surface area contributed by atoms with Crippen LogP contribution in [0, 0.1) is 6.92 Å². The van der Waals surface area contributed by atoms with Gasteiger partial charge in [-0.15, -0.1) is 0 Å². The lowest BCUT2D eigenvalue weighted by Gasteiger charge is -2.13. The highest BCUT2D eigenvalue weighted by Gasteiger charge is 2.11. The highest BCUT2D eigenvalue weighted by molar-refractivity contribution is 9.10. The lowest BCUT2D eigenvalue weighted by Crippen LogP contribution is -2.37. The zero-order valence-electron chi connectivity index (χ0n) is 19.4. The number of para-hydroxylation sites is 1. The Hall–Kier alpha value is -3.22. The second-order valence-electron chi connectivity index (χ2n) is 7.58. The summed E-state index contributed by atoms with van der Waals surface area (Å²) >= 11 is 15.0. The lowest BCUT2D eigenvalue weighted by atomic mass is 10.2.